The van der Waals surface area contributed by atoms with Crippen molar-refractivity contribution in [2.75, 3.05) is 6.54 Å². The molecule has 2 fully saturated rings. The highest BCUT2D eigenvalue weighted by atomic mass is 16.2. The fourth-order valence-corrected chi connectivity index (χ4v) is 2.87. The predicted molar refractivity (Wildman–Crippen MR) is 60.4 cm³/mol. The SMILES string of the molecule is CC1NCC(=O)N1C1CCCCCCC1. The van der Waals surface area contributed by atoms with Crippen molar-refractivity contribution in [1.82, 2.24) is 10.2 Å². The first-order valence-corrected chi connectivity index (χ1v) is 6.33. The number of rotatable bonds is 1. The van der Waals surface area contributed by atoms with E-state index in [0.717, 1.165) is 0 Å². The summed E-state index contributed by atoms with van der Waals surface area (Å²) in [6.45, 7) is 2.64. The van der Waals surface area contributed by atoms with Crippen LogP contribution in [0.4, 0.5) is 0 Å². The van der Waals surface area contributed by atoms with Crippen molar-refractivity contribution in [1.29, 1.82) is 0 Å². The van der Waals surface area contributed by atoms with Crippen molar-refractivity contribution in [2.24, 2.45) is 0 Å². The Hall–Kier alpha value is -0.570. The lowest BCUT2D eigenvalue weighted by atomic mass is 9.95. The fourth-order valence-electron chi connectivity index (χ4n) is 2.87. The second-order valence-electron chi connectivity index (χ2n) is 4.86. The van der Waals surface area contributed by atoms with Gasteiger partial charge in [0.15, 0.2) is 0 Å². The number of nitrogens with one attached hydrogen (secondary N) is 1. The van der Waals surface area contributed by atoms with E-state index in [1.54, 1.807) is 0 Å². The molecule has 3 heteroatoms. The second kappa shape index (κ2) is 4.97. The van der Waals surface area contributed by atoms with Crippen molar-refractivity contribution >= 4 is 5.91 Å². The summed E-state index contributed by atoms with van der Waals surface area (Å²) in [5.74, 6) is 0.299. The van der Waals surface area contributed by atoms with Crippen molar-refractivity contribution in [3.63, 3.8) is 0 Å². The van der Waals surface area contributed by atoms with Crippen LogP contribution in [0.1, 0.15) is 51.9 Å². The number of nitrogens with zero attached hydrogens (tertiary/aromatic N) is 1. The van der Waals surface area contributed by atoms with Gasteiger partial charge in [-0.15, -0.1) is 0 Å². The fraction of sp³-hybridized carbons (Fsp3) is 0.917. The number of carbonyl (C=O) groups is 1. The Labute approximate surface area is 92.2 Å². The zero-order valence-electron chi connectivity index (χ0n) is 9.67. The summed E-state index contributed by atoms with van der Waals surface area (Å²) in [6, 6.07) is 0.503. The van der Waals surface area contributed by atoms with Crippen molar-refractivity contribution < 1.29 is 4.79 Å². The average molecular weight is 210 g/mol. The Morgan fingerprint density at radius 2 is 1.73 bits per heavy atom. The minimum atomic E-state index is 0.252. The molecule has 0 bridgehead atoms. The summed E-state index contributed by atoms with van der Waals surface area (Å²) in [5.41, 5.74) is 0. The number of hydrogen-bond donors (Lipinski definition) is 1. The summed E-state index contributed by atoms with van der Waals surface area (Å²) in [5, 5.41) is 3.23. The minimum Gasteiger partial charge on any atom is -0.323 e. The average Bonchev–Trinajstić information content (AvgIpc) is 2.48. The Kier molecular flexibility index (Phi) is 3.62. The normalized spacial score (nSPS) is 30.3. The molecule has 1 heterocycles. The Morgan fingerprint density at radius 1 is 1.13 bits per heavy atom. The van der Waals surface area contributed by atoms with Crippen LogP contribution in [0.5, 0.6) is 0 Å². The van der Waals surface area contributed by atoms with Crippen molar-refractivity contribution in [3.8, 4) is 0 Å². The predicted octanol–water partition coefficient (Wildman–Crippen LogP) is 1.88. The molecular weight excluding hydrogens is 188 g/mol. The van der Waals surface area contributed by atoms with E-state index in [9.17, 15) is 4.79 Å². The lowest BCUT2D eigenvalue weighted by molar-refractivity contribution is -0.130. The van der Waals surface area contributed by atoms with Gasteiger partial charge < -0.3 is 4.90 Å². The van der Waals surface area contributed by atoms with Gasteiger partial charge in [0.05, 0.1) is 12.7 Å². The highest BCUT2D eigenvalue weighted by Gasteiger charge is 2.32. The third-order valence-corrected chi connectivity index (χ3v) is 3.72. The van der Waals surface area contributed by atoms with Gasteiger partial charge in [-0.25, -0.2) is 0 Å². The summed E-state index contributed by atoms with van der Waals surface area (Å²) < 4.78 is 0. The maximum absolute atomic E-state index is 11.7. The number of hydrogen-bond acceptors (Lipinski definition) is 2. The molecule has 1 aliphatic carbocycles. The maximum atomic E-state index is 11.7. The Bertz CT molecular complexity index is 222. The molecule has 3 nitrogen and oxygen atoms in total. The van der Waals surface area contributed by atoms with Gasteiger partial charge in [-0.3, -0.25) is 10.1 Å². The van der Waals surface area contributed by atoms with Crippen LogP contribution in [0.25, 0.3) is 0 Å². The molecule has 2 aliphatic rings. The number of carbonyl (C=O) groups excluding carboxylic acids is 1. The summed E-state index contributed by atoms with van der Waals surface area (Å²) in [6.07, 6.45) is 9.33. The smallest absolute Gasteiger partial charge is 0.238 e. The quantitative estimate of drug-likeness (QED) is 0.716. The van der Waals surface area contributed by atoms with Crippen LogP contribution < -0.4 is 5.32 Å². The van der Waals surface area contributed by atoms with Gasteiger partial charge in [0.1, 0.15) is 0 Å². The topological polar surface area (TPSA) is 32.3 Å². The summed E-state index contributed by atoms with van der Waals surface area (Å²) in [4.78, 5) is 13.8. The van der Waals surface area contributed by atoms with Gasteiger partial charge >= 0.3 is 0 Å². The van der Waals surface area contributed by atoms with Crippen LogP contribution in [0.15, 0.2) is 0 Å². The third-order valence-electron chi connectivity index (χ3n) is 3.72. The highest BCUT2D eigenvalue weighted by molar-refractivity contribution is 5.80. The van der Waals surface area contributed by atoms with Gasteiger partial charge in [-0.1, -0.05) is 32.1 Å². The Balaban J connectivity index is 1.97. The van der Waals surface area contributed by atoms with Crippen LogP contribution in [-0.2, 0) is 4.79 Å². The first kappa shape index (κ1) is 10.9. The van der Waals surface area contributed by atoms with Crippen LogP contribution in [-0.4, -0.2) is 29.6 Å². The molecule has 1 aliphatic heterocycles. The zero-order chi connectivity index (χ0) is 10.7. The molecule has 0 aromatic carbocycles. The first-order valence-electron chi connectivity index (χ1n) is 6.33. The van der Waals surface area contributed by atoms with E-state index in [0.29, 0.717) is 18.5 Å². The monoisotopic (exact) mass is 210 g/mol. The van der Waals surface area contributed by atoms with E-state index in [1.165, 1.54) is 44.9 Å². The van der Waals surface area contributed by atoms with E-state index in [-0.39, 0.29) is 6.17 Å². The molecule has 1 saturated carbocycles. The maximum Gasteiger partial charge on any atom is 0.238 e. The third kappa shape index (κ3) is 2.51. The molecule has 0 aromatic rings. The molecule has 0 spiro atoms. The van der Waals surface area contributed by atoms with E-state index in [4.69, 9.17) is 0 Å². The molecule has 1 atom stereocenters. The van der Waals surface area contributed by atoms with Crippen molar-refractivity contribution in [3.05, 3.63) is 0 Å². The highest BCUT2D eigenvalue weighted by Crippen LogP contribution is 2.24. The van der Waals surface area contributed by atoms with Crippen LogP contribution in [0, 0.1) is 0 Å². The van der Waals surface area contributed by atoms with Gasteiger partial charge in [-0.05, 0) is 19.8 Å². The molecule has 0 aromatic heterocycles. The summed E-state index contributed by atoms with van der Waals surface area (Å²) in [7, 11) is 0. The first-order chi connectivity index (χ1) is 7.29. The largest absolute Gasteiger partial charge is 0.323 e. The van der Waals surface area contributed by atoms with E-state index in [2.05, 4.69) is 17.1 Å². The molecule has 1 unspecified atom stereocenters. The van der Waals surface area contributed by atoms with Crippen LogP contribution in [0.2, 0.25) is 0 Å². The molecule has 1 N–H and O–H groups in total. The standard InChI is InChI=1S/C12H22N2O/c1-10-13-9-12(15)14(10)11-7-5-3-2-4-6-8-11/h10-11,13H,2-9H2,1H3. The van der Waals surface area contributed by atoms with E-state index < -0.39 is 0 Å². The molecule has 1 amide bonds. The van der Waals surface area contributed by atoms with Crippen LogP contribution in [0.3, 0.4) is 0 Å². The molecule has 1 saturated heterocycles. The lowest BCUT2D eigenvalue weighted by Crippen LogP contribution is -2.43. The Morgan fingerprint density at radius 3 is 2.27 bits per heavy atom. The zero-order valence-corrected chi connectivity index (χ0v) is 9.67. The molecular formula is C12H22N2O. The van der Waals surface area contributed by atoms with Gasteiger partial charge in [0, 0.05) is 6.04 Å². The van der Waals surface area contributed by atoms with Gasteiger partial charge in [-0.2, -0.15) is 0 Å². The molecule has 0 radical (unpaired) electrons. The summed E-state index contributed by atoms with van der Waals surface area (Å²) >= 11 is 0. The van der Waals surface area contributed by atoms with Crippen molar-refractivity contribution in [2.45, 2.75) is 64.1 Å². The molecule has 86 valence electrons. The van der Waals surface area contributed by atoms with Gasteiger partial charge in [0.25, 0.3) is 0 Å². The van der Waals surface area contributed by atoms with E-state index >= 15 is 0 Å². The molecule has 15 heavy (non-hydrogen) atoms. The molecule has 2 rings (SSSR count). The van der Waals surface area contributed by atoms with E-state index in [1.807, 2.05) is 0 Å². The van der Waals surface area contributed by atoms with Gasteiger partial charge in [0.2, 0.25) is 5.91 Å². The lowest BCUT2D eigenvalue weighted by Gasteiger charge is -2.32. The number of amides is 1. The second-order valence-corrected chi connectivity index (χ2v) is 4.86. The minimum absolute atomic E-state index is 0.252. The van der Waals surface area contributed by atoms with Crippen LogP contribution >= 0.6 is 0 Å².